The van der Waals surface area contributed by atoms with E-state index in [-0.39, 0.29) is 22.3 Å². The zero-order chi connectivity index (χ0) is 14.6. The van der Waals surface area contributed by atoms with Crippen LogP contribution in [-0.4, -0.2) is 39.5 Å². The van der Waals surface area contributed by atoms with Crippen LogP contribution in [0, 0.1) is 0 Å². The van der Waals surface area contributed by atoms with Gasteiger partial charge < -0.3 is 10.6 Å². The average molecular weight is 296 g/mol. The van der Waals surface area contributed by atoms with Crippen molar-refractivity contribution in [1.82, 2.24) is 28.9 Å². The maximum atomic E-state index is 12.2. The van der Waals surface area contributed by atoms with Gasteiger partial charge in [-0.1, -0.05) is 0 Å². The van der Waals surface area contributed by atoms with Crippen LogP contribution in [0.5, 0.6) is 5.88 Å². The van der Waals surface area contributed by atoms with Crippen molar-refractivity contribution in [2.24, 2.45) is 14.1 Å². The van der Waals surface area contributed by atoms with Crippen molar-refractivity contribution in [3.05, 3.63) is 37.5 Å². The molecule has 0 saturated carbocycles. The second-order valence-electron chi connectivity index (χ2n) is 4.27. The lowest BCUT2D eigenvalue weighted by atomic mass is 10.4. The van der Waals surface area contributed by atoms with E-state index in [4.69, 9.17) is 0 Å². The van der Waals surface area contributed by atoms with E-state index >= 15 is 0 Å². The van der Waals surface area contributed by atoms with Gasteiger partial charge in [0.05, 0.1) is 0 Å². The number of fused-ring (bicyclic) bond motifs is 1. The zero-order valence-electron chi connectivity index (χ0n) is 11.0. The number of aryl methyl sites for hydroxylation is 1. The van der Waals surface area contributed by atoms with Crippen LogP contribution in [0.25, 0.3) is 16.9 Å². The Kier molecular flexibility index (Phi) is 3.06. The largest absolute Gasteiger partial charge is 0.492 e. The van der Waals surface area contributed by atoms with E-state index in [2.05, 4.69) is 15.2 Å². The number of aromatic nitrogens is 6. The highest BCUT2D eigenvalue weighted by Crippen LogP contribution is 2.17. The molecule has 112 valence electrons. The Hall–Kier alpha value is -3.08. The second-order valence-corrected chi connectivity index (χ2v) is 4.27. The van der Waals surface area contributed by atoms with Gasteiger partial charge in [0.15, 0.2) is 16.9 Å². The normalized spacial score (nSPS) is 10.8. The van der Waals surface area contributed by atoms with E-state index in [0.29, 0.717) is 0 Å². The highest BCUT2D eigenvalue weighted by atomic mass is 16.3. The molecule has 21 heavy (non-hydrogen) atoms. The molecule has 0 unspecified atom stereocenters. The topological polar surface area (TPSA) is 162 Å². The quantitative estimate of drug-likeness (QED) is 0.445. The van der Waals surface area contributed by atoms with Gasteiger partial charge in [0.25, 0.3) is 11.1 Å². The summed E-state index contributed by atoms with van der Waals surface area (Å²) in [6.45, 7) is 0. The number of hydrogen-bond acceptors (Lipinski definition) is 5. The SMILES string of the molecule is Cn1c(=O)c2c(ncn2-c2c(O)[nH][nH]c2=O)n(C)c1=O.O. The van der Waals surface area contributed by atoms with Crippen LogP contribution >= 0.6 is 0 Å². The summed E-state index contributed by atoms with van der Waals surface area (Å²) in [6.07, 6.45) is 1.20. The number of rotatable bonds is 1. The molecule has 0 spiro atoms. The van der Waals surface area contributed by atoms with Crippen molar-refractivity contribution < 1.29 is 10.6 Å². The standard InChI is InChI=1S/C10H10N6O4.H2O/c1-14-6-4(9(19)15(2)10(14)20)16(3-11-6)5-7(17)12-13-8(5)18;/h3H,1-2H3,(H3,12,13,17,18);1H2. The van der Waals surface area contributed by atoms with Gasteiger partial charge in [-0.2, -0.15) is 0 Å². The molecule has 0 amide bonds. The molecule has 3 aromatic heterocycles. The van der Waals surface area contributed by atoms with E-state index in [0.717, 1.165) is 9.13 Å². The van der Waals surface area contributed by atoms with Crippen molar-refractivity contribution in [2.45, 2.75) is 0 Å². The molecule has 0 radical (unpaired) electrons. The van der Waals surface area contributed by atoms with Crippen molar-refractivity contribution in [1.29, 1.82) is 0 Å². The summed E-state index contributed by atoms with van der Waals surface area (Å²) >= 11 is 0. The van der Waals surface area contributed by atoms with Crippen LogP contribution < -0.4 is 16.8 Å². The molecule has 0 saturated heterocycles. The first-order valence-electron chi connectivity index (χ1n) is 5.56. The summed E-state index contributed by atoms with van der Waals surface area (Å²) in [7, 11) is 2.78. The summed E-state index contributed by atoms with van der Waals surface area (Å²) in [5, 5.41) is 14.1. The third kappa shape index (κ3) is 1.71. The Bertz CT molecular complexity index is 1000. The summed E-state index contributed by atoms with van der Waals surface area (Å²) in [5.74, 6) is -0.426. The summed E-state index contributed by atoms with van der Waals surface area (Å²) in [4.78, 5) is 39.6. The molecule has 0 aliphatic heterocycles. The maximum Gasteiger partial charge on any atom is 0.332 e. The predicted molar refractivity (Wildman–Crippen MR) is 71.8 cm³/mol. The lowest BCUT2D eigenvalue weighted by Crippen LogP contribution is -2.37. The number of nitrogens with one attached hydrogen (secondary N) is 2. The fourth-order valence-electron chi connectivity index (χ4n) is 2.08. The molecule has 11 heteroatoms. The molecule has 3 rings (SSSR count). The van der Waals surface area contributed by atoms with E-state index in [1.165, 1.54) is 25.0 Å². The van der Waals surface area contributed by atoms with Gasteiger partial charge >= 0.3 is 5.69 Å². The Balaban J connectivity index is 0.00000161. The zero-order valence-corrected chi connectivity index (χ0v) is 11.0. The van der Waals surface area contributed by atoms with Gasteiger partial charge in [-0.25, -0.2) is 9.78 Å². The second kappa shape index (κ2) is 4.49. The minimum absolute atomic E-state index is 0. The molecule has 3 aromatic rings. The van der Waals surface area contributed by atoms with Crippen LogP contribution in [0.15, 0.2) is 20.7 Å². The minimum Gasteiger partial charge on any atom is -0.492 e. The summed E-state index contributed by atoms with van der Waals surface area (Å²) < 4.78 is 3.23. The molecular weight excluding hydrogens is 284 g/mol. The van der Waals surface area contributed by atoms with E-state index in [1.54, 1.807) is 0 Å². The first-order valence-corrected chi connectivity index (χ1v) is 5.56. The van der Waals surface area contributed by atoms with Crippen LogP contribution in [0.2, 0.25) is 0 Å². The fraction of sp³-hybridized carbons (Fsp3) is 0.200. The number of hydrogen-bond donors (Lipinski definition) is 3. The van der Waals surface area contributed by atoms with Gasteiger partial charge in [0.2, 0.25) is 5.88 Å². The number of aromatic hydroxyl groups is 1. The van der Waals surface area contributed by atoms with Gasteiger partial charge in [-0.05, 0) is 0 Å². The van der Waals surface area contributed by atoms with Gasteiger partial charge in [0, 0.05) is 14.1 Å². The van der Waals surface area contributed by atoms with Gasteiger partial charge in [-0.15, -0.1) is 0 Å². The summed E-state index contributed by atoms with van der Waals surface area (Å²) in [5.41, 5.74) is -1.77. The Morgan fingerprint density at radius 1 is 1.14 bits per heavy atom. The Morgan fingerprint density at radius 3 is 2.38 bits per heavy atom. The third-order valence-electron chi connectivity index (χ3n) is 3.12. The maximum absolute atomic E-state index is 12.2. The number of nitrogens with zero attached hydrogens (tertiary/aromatic N) is 4. The molecule has 0 aliphatic rings. The predicted octanol–water partition coefficient (Wildman–Crippen LogP) is -2.68. The number of aromatic amines is 2. The molecule has 0 aromatic carbocycles. The molecule has 0 fully saturated rings. The molecule has 11 nitrogen and oxygen atoms in total. The van der Waals surface area contributed by atoms with E-state index < -0.39 is 22.7 Å². The Labute approximate surface area is 115 Å². The van der Waals surface area contributed by atoms with Crippen LogP contribution in [0.1, 0.15) is 0 Å². The molecule has 5 N–H and O–H groups in total. The lowest BCUT2D eigenvalue weighted by Gasteiger charge is -2.04. The first kappa shape index (κ1) is 14.3. The number of H-pyrrole nitrogens is 2. The monoisotopic (exact) mass is 296 g/mol. The minimum atomic E-state index is -0.613. The van der Waals surface area contributed by atoms with Crippen molar-refractivity contribution in [3.8, 4) is 11.6 Å². The molecular formula is C10H12N6O5. The average Bonchev–Trinajstić information content (AvgIpc) is 2.98. The smallest absolute Gasteiger partial charge is 0.332 e. The molecule has 0 aliphatic carbocycles. The van der Waals surface area contributed by atoms with Gasteiger partial charge in [-0.3, -0.25) is 33.5 Å². The van der Waals surface area contributed by atoms with Gasteiger partial charge in [0.1, 0.15) is 6.33 Å². The summed E-state index contributed by atoms with van der Waals surface area (Å²) in [6, 6.07) is 0. The van der Waals surface area contributed by atoms with Crippen LogP contribution in [0.4, 0.5) is 0 Å². The van der Waals surface area contributed by atoms with E-state index in [9.17, 15) is 19.5 Å². The van der Waals surface area contributed by atoms with Crippen molar-refractivity contribution in [2.75, 3.05) is 0 Å². The van der Waals surface area contributed by atoms with E-state index in [1.807, 2.05) is 0 Å². The number of imidazole rings is 1. The van der Waals surface area contributed by atoms with Crippen LogP contribution in [0.3, 0.4) is 0 Å². The fourth-order valence-corrected chi connectivity index (χ4v) is 2.08. The highest BCUT2D eigenvalue weighted by Gasteiger charge is 2.19. The molecule has 0 bridgehead atoms. The molecule has 0 atom stereocenters. The highest BCUT2D eigenvalue weighted by molar-refractivity contribution is 5.73. The molecule has 3 heterocycles. The third-order valence-corrected chi connectivity index (χ3v) is 3.12. The van der Waals surface area contributed by atoms with Crippen molar-refractivity contribution >= 4 is 11.2 Å². The Morgan fingerprint density at radius 2 is 1.81 bits per heavy atom. The van der Waals surface area contributed by atoms with Crippen molar-refractivity contribution in [3.63, 3.8) is 0 Å². The lowest BCUT2D eigenvalue weighted by molar-refractivity contribution is 0.450. The first-order chi connectivity index (χ1) is 9.43. The van der Waals surface area contributed by atoms with Crippen LogP contribution in [-0.2, 0) is 14.1 Å².